The Morgan fingerprint density at radius 3 is 0.866 bits per heavy atom. The van der Waals surface area contributed by atoms with Gasteiger partial charge in [0.25, 0.3) is 0 Å². The largest absolute Gasteiger partial charge is 0.466 e. The Morgan fingerprint density at radius 1 is 0.329 bits per heavy atom. The number of ether oxygens (including phenoxy) is 1. The summed E-state index contributed by atoms with van der Waals surface area (Å²) >= 11 is 0. The van der Waals surface area contributed by atoms with Crippen LogP contribution in [0.15, 0.2) is 12.2 Å². The Kier molecular flexibility index (Phi) is 70.8. The minimum Gasteiger partial charge on any atom is -0.466 e. The number of amides is 1. The summed E-state index contributed by atoms with van der Waals surface area (Å²) in [7, 11) is 0. The van der Waals surface area contributed by atoms with Crippen molar-refractivity contribution in [2.75, 3.05) is 13.2 Å². The third-order valence-corrected chi connectivity index (χ3v) is 18.1. The number of aliphatic hydroxyl groups is 2. The summed E-state index contributed by atoms with van der Waals surface area (Å²) in [5.74, 6) is -0.0144. The molecule has 1 amide bonds. The Labute approximate surface area is 514 Å². The molecular formula is C76H149NO5. The molecule has 0 saturated heterocycles. The molecule has 0 aromatic heterocycles. The first-order valence-electron chi connectivity index (χ1n) is 37.9. The zero-order chi connectivity index (χ0) is 59.2. The third-order valence-electron chi connectivity index (χ3n) is 18.1. The molecule has 0 fully saturated rings. The molecule has 3 N–H and O–H groups in total. The minimum atomic E-state index is -0.667. The van der Waals surface area contributed by atoms with Gasteiger partial charge in [0, 0.05) is 12.8 Å². The molecule has 0 aliphatic carbocycles. The number of aliphatic hydroxyl groups excluding tert-OH is 2. The number of rotatable bonds is 72. The van der Waals surface area contributed by atoms with E-state index in [2.05, 4.69) is 31.3 Å². The maximum atomic E-state index is 12.6. The smallest absolute Gasteiger partial charge is 0.305 e. The van der Waals surface area contributed by atoms with Crippen LogP contribution in [0, 0.1) is 0 Å². The molecule has 82 heavy (non-hydrogen) atoms. The van der Waals surface area contributed by atoms with E-state index in [9.17, 15) is 19.8 Å². The van der Waals surface area contributed by atoms with Crippen LogP contribution in [0.4, 0.5) is 0 Å². The quantitative estimate of drug-likeness (QED) is 0.0320. The van der Waals surface area contributed by atoms with Gasteiger partial charge in [-0.25, -0.2) is 0 Å². The van der Waals surface area contributed by atoms with E-state index in [0.717, 1.165) is 38.5 Å². The van der Waals surface area contributed by atoms with Gasteiger partial charge in [0.05, 0.1) is 25.4 Å². The number of carbonyl (C=O) groups excluding carboxylic acids is 2. The van der Waals surface area contributed by atoms with Crippen LogP contribution in [-0.2, 0) is 14.3 Å². The summed E-state index contributed by atoms with van der Waals surface area (Å²) < 4.78 is 5.50. The number of hydrogen-bond donors (Lipinski definition) is 3. The lowest BCUT2D eigenvalue weighted by Crippen LogP contribution is -2.45. The molecule has 0 rings (SSSR count). The van der Waals surface area contributed by atoms with E-state index in [1.54, 1.807) is 0 Å². The monoisotopic (exact) mass is 1160 g/mol. The van der Waals surface area contributed by atoms with Gasteiger partial charge in [-0.3, -0.25) is 9.59 Å². The van der Waals surface area contributed by atoms with Gasteiger partial charge in [-0.1, -0.05) is 386 Å². The number of allylic oxidation sites excluding steroid dienone is 2. The molecule has 0 aromatic rings. The van der Waals surface area contributed by atoms with E-state index < -0.39 is 12.1 Å². The number of hydrogen-bond acceptors (Lipinski definition) is 5. The maximum Gasteiger partial charge on any atom is 0.305 e. The lowest BCUT2D eigenvalue weighted by atomic mass is 10.0. The Balaban J connectivity index is 3.38. The molecule has 488 valence electrons. The first-order chi connectivity index (χ1) is 40.5. The van der Waals surface area contributed by atoms with Crippen LogP contribution in [0.25, 0.3) is 0 Å². The van der Waals surface area contributed by atoms with Crippen molar-refractivity contribution < 1.29 is 24.5 Å². The summed E-state index contributed by atoms with van der Waals surface area (Å²) in [4.78, 5) is 24.7. The first kappa shape index (κ1) is 80.6. The van der Waals surface area contributed by atoms with Crippen LogP contribution < -0.4 is 5.32 Å². The number of unbranched alkanes of at least 4 members (excludes halogenated alkanes) is 59. The topological polar surface area (TPSA) is 95.9 Å². The van der Waals surface area contributed by atoms with Gasteiger partial charge < -0.3 is 20.3 Å². The van der Waals surface area contributed by atoms with Gasteiger partial charge in [0.2, 0.25) is 5.91 Å². The predicted molar refractivity (Wildman–Crippen MR) is 361 cm³/mol. The fourth-order valence-corrected chi connectivity index (χ4v) is 12.3. The number of carbonyl (C=O) groups is 2. The van der Waals surface area contributed by atoms with Crippen LogP contribution in [0.1, 0.15) is 438 Å². The molecule has 0 aliphatic heterocycles. The van der Waals surface area contributed by atoms with Gasteiger partial charge in [-0.15, -0.1) is 0 Å². The molecule has 0 aliphatic rings. The molecular weight excluding hydrogens is 1010 g/mol. The highest BCUT2D eigenvalue weighted by Gasteiger charge is 2.20. The van der Waals surface area contributed by atoms with E-state index in [1.165, 1.54) is 366 Å². The van der Waals surface area contributed by atoms with Crippen molar-refractivity contribution in [3.63, 3.8) is 0 Å². The van der Waals surface area contributed by atoms with E-state index in [0.29, 0.717) is 25.9 Å². The second kappa shape index (κ2) is 72.1. The van der Waals surface area contributed by atoms with Crippen molar-refractivity contribution in [1.29, 1.82) is 0 Å². The van der Waals surface area contributed by atoms with Gasteiger partial charge >= 0.3 is 5.97 Å². The Bertz CT molecular complexity index is 1240. The van der Waals surface area contributed by atoms with Gasteiger partial charge in [0.15, 0.2) is 0 Å². The van der Waals surface area contributed by atoms with E-state index in [-0.39, 0.29) is 18.5 Å². The second-order valence-corrected chi connectivity index (χ2v) is 26.3. The summed E-state index contributed by atoms with van der Waals surface area (Å²) in [6, 6.07) is -0.545. The van der Waals surface area contributed by atoms with Crippen LogP contribution in [0.3, 0.4) is 0 Å². The molecule has 0 heterocycles. The number of nitrogens with one attached hydrogen (secondary N) is 1. The van der Waals surface area contributed by atoms with Crippen LogP contribution in [0.5, 0.6) is 0 Å². The van der Waals surface area contributed by atoms with Gasteiger partial charge in [0.1, 0.15) is 0 Å². The SMILES string of the molecule is CCCCCCCCCCCCCCCCCCCCCCCCCCCC(O)C(CO)NC(=O)CCCCCCCCCCC/C=C\CCCCCCCCCCCCCCOC(=O)CCCCCCCCCCCCCCCCC. The fraction of sp³-hybridized carbons (Fsp3) is 0.947. The molecule has 0 aromatic carbocycles. The molecule has 2 unspecified atom stereocenters. The molecule has 6 heteroatoms. The van der Waals surface area contributed by atoms with Gasteiger partial charge in [-0.05, 0) is 51.4 Å². The lowest BCUT2D eigenvalue weighted by molar-refractivity contribution is -0.143. The van der Waals surface area contributed by atoms with Crippen molar-refractivity contribution in [2.45, 2.75) is 450 Å². The molecule has 0 bridgehead atoms. The average Bonchev–Trinajstić information content (AvgIpc) is 3.48. The standard InChI is InChI=1S/C76H149NO5/c1-3-5-7-9-11-13-15-17-19-20-21-22-23-25-28-31-34-37-41-44-48-52-56-60-64-68-74(79)73(72-78)77-75(80)69-65-61-57-53-49-45-42-38-35-32-29-26-24-27-30-33-36-39-43-47-51-55-59-63-67-71-82-76(81)70-66-62-58-54-50-46-40-18-16-14-12-10-8-6-4-2/h26,29,73-74,78-79H,3-25,27-28,30-72H2,1-2H3,(H,77,80)/b29-26-. The van der Waals surface area contributed by atoms with Crippen LogP contribution >= 0.6 is 0 Å². The van der Waals surface area contributed by atoms with Crippen molar-refractivity contribution in [1.82, 2.24) is 5.32 Å². The fourth-order valence-electron chi connectivity index (χ4n) is 12.3. The van der Waals surface area contributed by atoms with E-state index >= 15 is 0 Å². The van der Waals surface area contributed by atoms with Crippen LogP contribution in [0.2, 0.25) is 0 Å². The minimum absolute atomic E-state index is 0.0178. The summed E-state index contributed by atoms with van der Waals surface area (Å²) in [6.07, 6.45) is 89.9. The van der Waals surface area contributed by atoms with Crippen LogP contribution in [-0.4, -0.2) is 47.4 Å². The maximum absolute atomic E-state index is 12.6. The molecule has 2 atom stereocenters. The van der Waals surface area contributed by atoms with E-state index in [1.807, 2.05) is 0 Å². The van der Waals surface area contributed by atoms with E-state index in [4.69, 9.17) is 4.74 Å². The first-order valence-corrected chi connectivity index (χ1v) is 37.9. The van der Waals surface area contributed by atoms with Crippen molar-refractivity contribution in [3.05, 3.63) is 12.2 Å². The third kappa shape index (κ3) is 67.7. The zero-order valence-electron chi connectivity index (χ0n) is 56.0. The van der Waals surface area contributed by atoms with Crippen molar-refractivity contribution >= 4 is 11.9 Å². The highest BCUT2D eigenvalue weighted by Crippen LogP contribution is 2.20. The summed E-state index contributed by atoms with van der Waals surface area (Å²) in [5.41, 5.74) is 0. The molecule has 6 nitrogen and oxygen atoms in total. The summed E-state index contributed by atoms with van der Waals surface area (Å²) in [5, 5.41) is 23.5. The number of esters is 1. The molecule has 0 radical (unpaired) electrons. The average molecular weight is 1160 g/mol. The summed E-state index contributed by atoms with van der Waals surface area (Å²) in [6.45, 7) is 5.01. The molecule has 0 saturated carbocycles. The second-order valence-electron chi connectivity index (χ2n) is 26.3. The van der Waals surface area contributed by atoms with Crippen molar-refractivity contribution in [2.24, 2.45) is 0 Å². The van der Waals surface area contributed by atoms with Crippen molar-refractivity contribution in [3.8, 4) is 0 Å². The predicted octanol–water partition coefficient (Wildman–Crippen LogP) is 24.7. The Hall–Kier alpha value is -1.40. The highest BCUT2D eigenvalue weighted by molar-refractivity contribution is 5.76. The van der Waals surface area contributed by atoms with Gasteiger partial charge in [-0.2, -0.15) is 0 Å². The lowest BCUT2D eigenvalue weighted by Gasteiger charge is -2.22. The zero-order valence-corrected chi connectivity index (χ0v) is 56.0. The highest BCUT2D eigenvalue weighted by atomic mass is 16.5. The normalized spacial score (nSPS) is 12.5. The molecule has 0 spiro atoms. The Morgan fingerprint density at radius 2 is 0.573 bits per heavy atom.